The number of aryl methyl sites for hydroxylation is 1. The van der Waals surface area contributed by atoms with Gasteiger partial charge in [0.1, 0.15) is 0 Å². The number of ether oxygens (including phenoxy) is 1. The van der Waals surface area contributed by atoms with E-state index < -0.39 is 16.5 Å². The molecule has 0 aliphatic rings. The molecule has 0 unspecified atom stereocenters. The lowest BCUT2D eigenvalue weighted by molar-refractivity contribution is -0.384. The van der Waals surface area contributed by atoms with Crippen LogP contribution < -0.4 is 5.56 Å². The third-order valence-corrected chi connectivity index (χ3v) is 5.61. The van der Waals surface area contributed by atoms with Gasteiger partial charge in [0.2, 0.25) is 0 Å². The first kappa shape index (κ1) is 22.6. The number of nitro benzene ring substituents is 1. The summed E-state index contributed by atoms with van der Waals surface area (Å²) in [6, 6.07) is 12.4. The lowest BCUT2D eigenvalue weighted by Gasteiger charge is -2.11. The molecule has 0 bridgehead atoms. The molecule has 34 heavy (non-hydrogen) atoms. The van der Waals surface area contributed by atoms with Crippen LogP contribution in [0.1, 0.15) is 32.1 Å². The Morgan fingerprint density at radius 1 is 1.09 bits per heavy atom. The Labute approximate surface area is 193 Å². The third kappa shape index (κ3) is 3.96. The third-order valence-electron chi connectivity index (χ3n) is 5.61. The highest BCUT2D eigenvalue weighted by molar-refractivity contribution is 5.97. The predicted octanol–water partition coefficient (Wildman–Crippen LogP) is 3.38. The normalized spacial score (nSPS) is 10.9. The number of nitrogens with zero attached hydrogens (tertiary/aromatic N) is 4. The van der Waals surface area contributed by atoms with E-state index in [-0.39, 0.29) is 23.4 Å². The number of carbonyl (C=O) groups excluding carboxylic acids is 2. The molecule has 2 aromatic heterocycles. The Morgan fingerprint density at radius 2 is 1.79 bits per heavy atom. The van der Waals surface area contributed by atoms with Crippen LogP contribution in [0.5, 0.6) is 0 Å². The fourth-order valence-corrected chi connectivity index (χ4v) is 3.92. The Kier molecular flexibility index (Phi) is 5.80. The van der Waals surface area contributed by atoms with Gasteiger partial charge in [-0.05, 0) is 50.2 Å². The number of nitro groups is 1. The van der Waals surface area contributed by atoms with Crippen LogP contribution in [0.2, 0.25) is 0 Å². The summed E-state index contributed by atoms with van der Waals surface area (Å²) in [7, 11) is 1.31. The highest BCUT2D eigenvalue weighted by atomic mass is 16.6. The highest BCUT2D eigenvalue weighted by Crippen LogP contribution is 2.22. The maximum absolute atomic E-state index is 13.1. The van der Waals surface area contributed by atoms with Gasteiger partial charge in [-0.2, -0.15) is 0 Å². The quantitative estimate of drug-likeness (QED) is 0.187. The molecule has 0 N–H and O–H groups in total. The number of methoxy groups -OCH3 is 1. The lowest BCUT2D eigenvalue weighted by Crippen LogP contribution is -2.25. The Morgan fingerprint density at radius 3 is 2.44 bits per heavy atom. The monoisotopic (exact) mass is 460 g/mol. The fraction of sp³-hybridized carbons (Fsp3) is 0.167. The zero-order chi connectivity index (χ0) is 24.6. The molecule has 0 amide bonds. The molecule has 0 radical (unpaired) electrons. The SMILES string of the molecule is COC(=O)c1ccc(-n2c(C)cc(C(=O)Cn3cnc4ccc([N+](=O)[O-])cc4c3=O)c2C)cc1. The minimum atomic E-state index is -0.589. The number of fused-ring (bicyclic) bond motifs is 1. The second-order valence-electron chi connectivity index (χ2n) is 7.72. The van der Waals surface area contributed by atoms with E-state index in [1.807, 2.05) is 11.5 Å². The molecule has 0 spiro atoms. The van der Waals surface area contributed by atoms with Crippen LogP contribution in [-0.4, -0.2) is 37.9 Å². The van der Waals surface area contributed by atoms with Crippen molar-refractivity contribution in [1.82, 2.24) is 14.1 Å². The first-order valence-corrected chi connectivity index (χ1v) is 10.3. The van der Waals surface area contributed by atoms with E-state index in [9.17, 15) is 24.5 Å². The fourth-order valence-electron chi connectivity index (χ4n) is 3.92. The summed E-state index contributed by atoms with van der Waals surface area (Å²) in [5.74, 6) is -0.748. The number of ketones is 1. The van der Waals surface area contributed by atoms with E-state index in [0.29, 0.717) is 22.3 Å². The first-order chi connectivity index (χ1) is 16.2. The summed E-state index contributed by atoms with van der Waals surface area (Å²) in [5.41, 5.74) is 2.63. The van der Waals surface area contributed by atoms with Gasteiger partial charge in [-0.25, -0.2) is 9.78 Å². The van der Waals surface area contributed by atoms with E-state index in [2.05, 4.69) is 4.98 Å². The molecule has 0 aliphatic heterocycles. The molecule has 0 atom stereocenters. The zero-order valence-corrected chi connectivity index (χ0v) is 18.6. The molecule has 10 heteroatoms. The van der Waals surface area contributed by atoms with Crippen molar-refractivity contribution in [2.24, 2.45) is 0 Å². The van der Waals surface area contributed by atoms with Crippen molar-refractivity contribution < 1.29 is 19.2 Å². The van der Waals surface area contributed by atoms with Crippen molar-refractivity contribution in [3.63, 3.8) is 0 Å². The van der Waals surface area contributed by atoms with Gasteiger partial charge in [-0.15, -0.1) is 0 Å². The van der Waals surface area contributed by atoms with E-state index in [1.54, 1.807) is 37.3 Å². The zero-order valence-electron chi connectivity index (χ0n) is 18.6. The number of esters is 1. The van der Waals surface area contributed by atoms with Crippen molar-refractivity contribution in [1.29, 1.82) is 0 Å². The van der Waals surface area contributed by atoms with Crippen LogP contribution >= 0.6 is 0 Å². The summed E-state index contributed by atoms with van der Waals surface area (Å²) >= 11 is 0. The number of benzene rings is 2. The largest absolute Gasteiger partial charge is 0.465 e. The molecular weight excluding hydrogens is 440 g/mol. The Balaban J connectivity index is 1.66. The molecule has 0 aliphatic carbocycles. The van der Waals surface area contributed by atoms with Crippen molar-refractivity contribution in [2.45, 2.75) is 20.4 Å². The lowest BCUT2D eigenvalue weighted by atomic mass is 10.1. The summed E-state index contributed by atoms with van der Waals surface area (Å²) in [6.07, 6.45) is 1.26. The number of aromatic nitrogens is 3. The van der Waals surface area contributed by atoms with Crippen molar-refractivity contribution >= 4 is 28.3 Å². The van der Waals surface area contributed by atoms with E-state index in [0.717, 1.165) is 22.0 Å². The van der Waals surface area contributed by atoms with Crippen LogP contribution in [0, 0.1) is 24.0 Å². The molecule has 4 rings (SSSR count). The second-order valence-corrected chi connectivity index (χ2v) is 7.72. The van der Waals surface area contributed by atoms with Gasteiger partial charge in [0.15, 0.2) is 5.78 Å². The maximum atomic E-state index is 13.1. The summed E-state index contributed by atoms with van der Waals surface area (Å²) in [5, 5.41) is 11.1. The van der Waals surface area contributed by atoms with Crippen LogP contribution in [0.25, 0.3) is 16.6 Å². The number of Topliss-reactive ketones (excluding diaryl/α,β-unsaturated/α-hetero) is 1. The standard InChI is InChI=1S/C24H20N4O6/c1-14-10-19(15(2)27(14)17-6-4-16(5-7-17)24(31)34-3)22(29)12-26-13-25-21-9-8-18(28(32)33)11-20(21)23(26)30/h4-11,13H,12H2,1-3H3. The van der Waals surface area contributed by atoms with Gasteiger partial charge in [-0.1, -0.05) is 0 Å². The molecule has 2 heterocycles. The molecular formula is C24H20N4O6. The minimum Gasteiger partial charge on any atom is -0.465 e. The van der Waals surface area contributed by atoms with Gasteiger partial charge in [0.05, 0.1) is 41.4 Å². The van der Waals surface area contributed by atoms with Gasteiger partial charge in [0.25, 0.3) is 11.2 Å². The number of hydrogen-bond donors (Lipinski definition) is 0. The van der Waals surface area contributed by atoms with Gasteiger partial charge in [0, 0.05) is 34.8 Å². The Hall–Kier alpha value is -4.60. The van der Waals surface area contributed by atoms with Crippen LogP contribution in [0.3, 0.4) is 0 Å². The predicted molar refractivity (Wildman–Crippen MR) is 124 cm³/mol. The maximum Gasteiger partial charge on any atom is 0.337 e. The highest BCUT2D eigenvalue weighted by Gasteiger charge is 2.19. The molecule has 4 aromatic rings. The Bertz CT molecular complexity index is 1520. The molecule has 10 nitrogen and oxygen atoms in total. The molecule has 0 fully saturated rings. The molecule has 172 valence electrons. The van der Waals surface area contributed by atoms with Gasteiger partial charge in [-0.3, -0.25) is 24.3 Å². The molecule has 0 saturated heterocycles. The first-order valence-electron chi connectivity index (χ1n) is 10.3. The number of hydrogen-bond acceptors (Lipinski definition) is 7. The summed E-state index contributed by atoms with van der Waals surface area (Å²) < 4.78 is 7.74. The molecule has 2 aromatic carbocycles. The summed E-state index contributed by atoms with van der Waals surface area (Å²) in [6.45, 7) is 3.37. The van der Waals surface area contributed by atoms with Crippen LogP contribution in [-0.2, 0) is 11.3 Å². The van der Waals surface area contributed by atoms with E-state index in [4.69, 9.17) is 4.74 Å². The van der Waals surface area contributed by atoms with Crippen molar-refractivity contribution in [3.05, 3.63) is 97.8 Å². The second kappa shape index (κ2) is 8.74. The smallest absolute Gasteiger partial charge is 0.337 e. The van der Waals surface area contributed by atoms with Gasteiger partial charge < -0.3 is 9.30 Å². The average molecular weight is 460 g/mol. The van der Waals surface area contributed by atoms with Crippen molar-refractivity contribution in [3.8, 4) is 5.69 Å². The van der Waals surface area contributed by atoms with Crippen molar-refractivity contribution in [2.75, 3.05) is 7.11 Å². The van der Waals surface area contributed by atoms with Gasteiger partial charge >= 0.3 is 5.97 Å². The number of non-ortho nitro benzene ring substituents is 1. The minimum absolute atomic E-state index is 0.0701. The van der Waals surface area contributed by atoms with Crippen LogP contribution in [0.4, 0.5) is 5.69 Å². The van der Waals surface area contributed by atoms with E-state index >= 15 is 0 Å². The average Bonchev–Trinajstić information content (AvgIpc) is 3.14. The van der Waals surface area contributed by atoms with E-state index in [1.165, 1.54) is 25.6 Å². The van der Waals surface area contributed by atoms with Crippen LogP contribution in [0.15, 0.2) is 59.7 Å². The number of carbonyl (C=O) groups is 2. The summed E-state index contributed by atoms with van der Waals surface area (Å²) in [4.78, 5) is 52.3. The topological polar surface area (TPSA) is 126 Å². The molecule has 0 saturated carbocycles. The number of rotatable bonds is 6.